The Morgan fingerprint density at radius 1 is 0.788 bits per heavy atom. The molecule has 0 bridgehead atoms. The summed E-state index contributed by atoms with van der Waals surface area (Å²) in [4.78, 5) is 0. The molecule has 0 unspecified atom stereocenters. The first-order valence-electron chi connectivity index (χ1n) is 14.4. The van der Waals surface area contributed by atoms with Gasteiger partial charge < -0.3 is 14.2 Å². The summed E-state index contributed by atoms with van der Waals surface area (Å²) in [6, 6.07) is 0. The molecule has 0 amide bonds. The summed E-state index contributed by atoms with van der Waals surface area (Å²) in [5, 5.41) is 0. The van der Waals surface area contributed by atoms with Crippen LogP contribution in [0.2, 0.25) is 0 Å². The molecule has 4 saturated carbocycles. The van der Waals surface area contributed by atoms with Crippen molar-refractivity contribution in [2.45, 2.75) is 129 Å². The van der Waals surface area contributed by atoms with Gasteiger partial charge in [-0.2, -0.15) is 0 Å². The van der Waals surface area contributed by atoms with Crippen LogP contribution in [0.5, 0.6) is 0 Å². The maximum absolute atomic E-state index is 6.39. The van der Waals surface area contributed by atoms with E-state index in [9.17, 15) is 0 Å². The Balaban J connectivity index is 1.55. The molecule has 0 N–H and O–H groups in total. The molecule has 0 aromatic carbocycles. The van der Waals surface area contributed by atoms with Crippen molar-refractivity contribution in [1.82, 2.24) is 0 Å². The third-order valence-corrected chi connectivity index (χ3v) is 12.0. The van der Waals surface area contributed by atoms with Crippen LogP contribution >= 0.6 is 0 Å². The number of unbranched alkanes of at least 4 members (excludes halogenated alkanes) is 3. The molecule has 4 aliphatic carbocycles. The van der Waals surface area contributed by atoms with Gasteiger partial charge in [0.2, 0.25) is 0 Å². The largest absolute Gasteiger partial charge is 0.381 e. The first-order valence-corrected chi connectivity index (χ1v) is 14.4. The van der Waals surface area contributed by atoms with E-state index in [-0.39, 0.29) is 5.60 Å². The van der Waals surface area contributed by atoms with Gasteiger partial charge in [0.1, 0.15) is 0 Å². The molecule has 192 valence electrons. The van der Waals surface area contributed by atoms with Crippen molar-refractivity contribution in [2.75, 3.05) is 21.3 Å². The Morgan fingerprint density at radius 2 is 1.52 bits per heavy atom. The highest BCUT2D eigenvalue weighted by Crippen LogP contribution is 2.69. The first-order chi connectivity index (χ1) is 15.8. The Hall–Kier alpha value is -0.120. The van der Waals surface area contributed by atoms with Crippen LogP contribution in [0.3, 0.4) is 0 Å². The van der Waals surface area contributed by atoms with Crippen LogP contribution in [0.4, 0.5) is 0 Å². The molecule has 0 aromatic heterocycles. The summed E-state index contributed by atoms with van der Waals surface area (Å²) in [5.74, 6) is 3.87. The van der Waals surface area contributed by atoms with Crippen molar-refractivity contribution in [3.63, 3.8) is 0 Å². The van der Waals surface area contributed by atoms with Crippen LogP contribution in [0.1, 0.15) is 111 Å². The van der Waals surface area contributed by atoms with Gasteiger partial charge in [0.25, 0.3) is 0 Å². The Morgan fingerprint density at radius 3 is 2.18 bits per heavy atom. The lowest BCUT2D eigenvalue weighted by Crippen LogP contribution is -2.59. The van der Waals surface area contributed by atoms with Crippen molar-refractivity contribution < 1.29 is 14.2 Å². The fourth-order valence-electron chi connectivity index (χ4n) is 10.0. The molecule has 0 saturated heterocycles. The minimum absolute atomic E-state index is 0.0301. The molecular weight excluding hydrogens is 408 g/mol. The van der Waals surface area contributed by atoms with Crippen molar-refractivity contribution >= 4 is 0 Å². The maximum atomic E-state index is 6.39. The van der Waals surface area contributed by atoms with Gasteiger partial charge in [-0.1, -0.05) is 46.5 Å². The molecule has 10 atom stereocenters. The van der Waals surface area contributed by atoms with Crippen molar-refractivity contribution in [3.8, 4) is 0 Å². The van der Waals surface area contributed by atoms with Crippen LogP contribution < -0.4 is 0 Å². The Kier molecular flexibility index (Phi) is 7.94. The van der Waals surface area contributed by atoms with Gasteiger partial charge >= 0.3 is 0 Å². The van der Waals surface area contributed by atoms with Crippen molar-refractivity contribution in [2.24, 2.45) is 40.4 Å². The zero-order chi connectivity index (χ0) is 23.9. The summed E-state index contributed by atoms with van der Waals surface area (Å²) in [5.41, 5.74) is 0.868. The van der Waals surface area contributed by atoms with Crippen LogP contribution in [-0.4, -0.2) is 39.1 Å². The summed E-state index contributed by atoms with van der Waals surface area (Å²) < 4.78 is 18.5. The normalized spacial score (nSPS) is 46.8. The summed E-state index contributed by atoms with van der Waals surface area (Å²) in [7, 11) is 5.86. The van der Waals surface area contributed by atoms with Crippen LogP contribution in [-0.2, 0) is 14.2 Å². The summed E-state index contributed by atoms with van der Waals surface area (Å²) >= 11 is 0. The average Bonchev–Trinajstić information content (AvgIpc) is 3.18. The minimum atomic E-state index is 0.0301. The molecule has 4 aliphatic rings. The second kappa shape index (κ2) is 10.1. The van der Waals surface area contributed by atoms with Crippen LogP contribution in [0.15, 0.2) is 0 Å². The van der Waals surface area contributed by atoms with E-state index >= 15 is 0 Å². The standard InChI is InChI=1S/C30H54O3/c1-8-9-10-11-16-30(4,33-7)27-13-12-23-22-20-26(32-6)25-19-21(31-5)14-17-28(25,2)24(22)15-18-29(23,27)3/h21-27H,8-20H2,1-7H3/t21-,22-,23-,24-,25+,26-,27-,28+,29-,30-/m0/s1. The van der Waals surface area contributed by atoms with E-state index in [1.54, 1.807) is 0 Å². The molecule has 0 aliphatic heterocycles. The predicted octanol–water partition coefficient (Wildman–Crippen LogP) is 7.66. The number of ether oxygens (including phenoxy) is 3. The van der Waals surface area contributed by atoms with Gasteiger partial charge in [0.05, 0.1) is 17.8 Å². The second-order valence-corrected chi connectivity index (χ2v) is 13.1. The first kappa shape index (κ1) is 26.0. The number of rotatable bonds is 9. The fourth-order valence-corrected chi connectivity index (χ4v) is 10.0. The molecule has 4 rings (SSSR count). The second-order valence-electron chi connectivity index (χ2n) is 13.1. The highest BCUT2D eigenvalue weighted by molar-refractivity contribution is 5.13. The van der Waals surface area contributed by atoms with Gasteiger partial charge in [-0.25, -0.2) is 0 Å². The monoisotopic (exact) mass is 462 g/mol. The van der Waals surface area contributed by atoms with E-state index in [2.05, 4.69) is 27.7 Å². The van der Waals surface area contributed by atoms with Crippen molar-refractivity contribution in [3.05, 3.63) is 0 Å². The highest BCUT2D eigenvalue weighted by atomic mass is 16.5. The lowest BCUT2D eigenvalue weighted by atomic mass is 9.43. The maximum Gasteiger partial charge on any atom is 0.0684 e. The van der Waals surface area contributed by atoms with Gasteiger partial charge in [-0.3, -0.25) is 0 Å². The third kappa shape index (κ3) is 4.35. The molecule has 3 heteroatoms. The van der Waals surface area contributed by atoms with Crippen LogP contribution in [0.25, 0.3) is 0 Å². The highest BCUT2D eigenvalue weighted by Gasteiger charge is 2.64. The van der Waals surface area contributed by atoms with E-state index in [4.69, 9.17) is 14.2 Å². The smallest absolute Gasteiger partial charge is 0.0684 e. The summed E-state index contributed by atoms with van der Waals surface area (Å²) in [6.07, 6.45) is 17.9. The van der Waals surface area contributed by atoms with E-state index < -0.39 is 0 Å². The van der Waals surface area contributed by atoms with E-state index in [0.717, 1.165) is 17.8 Å². The van der Waals surface area contributed by atoms with Crippen LogP contribution in [0, 0.1) is 40.4 Å². The topological polar surface area (TPSA) is 27.7 Å². The average molecular weight is 463 g/mol. The number of hydrogen-bond donors (Lipinski definition) is 0. The zero-order valence-corrected chi connectivity index (χ0v) is 23.0. The number of fused-ring (bicyclic) bond motifs is 5. The summed E-state index contributed by atoms with van der Waals surface area (Å²) in [6.45, 7) is 10.0. The van der Waals surface area contributed by atoms with E-state index in [1.165, 1.54) is 83.5 Å². The lowest BCUT2D eigenvalue weighted by molar-refractivity contribution is -0.189. The van der Waals surface area contributed by atoms with Gasteiger partial charge in [-0.15, -0.1) is 0 Å². The molecular formula is C30H54O3. The molecule has 0 heterocycles. The van der Waals surface area contributed by atoms with Gasteiger partial charge in [0, 0.05) is 21.3 Å². The van der Waals surface area contributed by atoms with Gasteiger partial charge in [-0.05, 0) is 105 Å². The minimum Gasteiger partial charge on any atom is -0.381 e. The molecule has 0 aromatic rings. The van der Waals surface area contributed by atoms with Crippen molar-refractivity contribution in [1.29, 1.82) is 0 Å². The number of hydrogen-bond acceptors (Lipinski definition) is 3. The molecule has 0 spiro atoms. The Labute approximate surface area is 205 Å². The molecule has 33 heavy (non-hydrogen) atoms. The van der Waals surface area contributed by atoms with E-state index in [0.29, 0.717) is 34.9 Å². The number of methoxy groups -OCH3 is 3. The van der Waals surface area contributed by atoms with E-state index in [1.807, 2.05) is 21.3 Å². The lowest BCUT2D eigenvalue weighted by Gasteiger charge is -2.63. The fraction of sp³-hybridized carbons (Fsp3) is 1.00. The zero-order valence-electron chi connectivity index (χ0n) is 23.0. The molecule has 3 nitrogen and oxygen atoms in total. The SMILES string of the molecule is CCCCCC[C@](C)(OC)[C@H]1CC[C@H]2[C@@H]3C[C@H](OC)[C@H]4C[C@@H](OC)CC[C@]4(C)[C@H]3CC[C@@]21C. The predicted molar refractivity (Wildman–Crippen MR) is 136 cm³/mol. The third-order valence-electron chi connectivity index (χ3n) is 12.0. The molecule has 0 radical (unpaired) electrons. The quantitative estimate of drug-likeness (QED) is 0.329. The molecule has 4 fully saturated rings. The Bertz CT molecular complexity index is 650. The van der Waals surface area contributed by atoms with Gasteiger partial charge in [0.15, 0.2) is 0 Å².